The summed E-state index contributed by atoms with van der Waals surface area (Å²) in [5.74, 6) is -0.571. The van der Waals surface area contributed by atoms with Crippen LogP contribution in [0.25, 0.3) is 11.2 Å². The lowest BCUT2D eigenvalue weighted by Crippen LogP contribution is -2.20. The number of nitrogens with two attached hydrogens (primary N) is 1. The number of aromatic nitrogens is 4. The van der Waals surface area contributed by atoms with E-state index in [1.807, 2.05) is 0 Å². The topological polar surface area (TPSA) is 158 Å². The van der Waals surface area contributed by atoms with Gasteiger partial charge in [0.1, 0.15) is 6.61 Å². The predicted octanol–water partition coefficient (Wildman–Crippen LogP) is -0.965. The van der Waals surface area contributed by atoms with Crippen LogP contribution in [-0.2, 0) is 16.1 Å². The minimum atomic E-state index is -0.611. The molecule has 0 aromatic carbocycles. The van der Waals surface area contributed by atoms with Crippen LogP contribution in [0.4, 0.5) is 5.82 Å². The third kappa shape index (κ3) is 3.32. The molecule has 2 aromatic rings. The zero-order chi connectivity index (χ0) is 16.1. The average molecular weight is 312 g/mol. The van der Waals surface area contributed by atoms with Gasteiger partial charge in [0.05, 0.1) is 6.61 Å². The summed E-state index contributed by atoms with van der Waals surface area (Å²) < 4.78 is 11.4. The molecule has 11 heteroatoms. The van der Waals surface area contributed by atoms with Gasteiger partial charge in [-0.1, -0.05) is 0 Å². The maximum absolute atomic E-state index is 11.1. The Balaban J connectivity index is 2.30. The number of ether oxygens (including phenoxy) is 2. The van der Waals surface area contributed by atoms with Gasteiger partial charge in [-0.2, -0.15) is 15.0 Å². The van der Waals surface area contributed by atoms with E-state index >= 15 is 0 Å². The van der Waals surface area contributed by atoms with Crippen molar-refractivity contribution < 1.29 is 24.6 Å². The number of methoxy groups -OCH3 is 1. The summed E-state index contributed by atoms with van der Waals surface area (Å²) in [4.78, 5) is 23.0. The van der Waals surface area contributed by atoms with E-state index in [0.717, 1.165) is 0 Å². The lowest BCUT2D eigenvalue weighted by atomic mass is 10.4. The highest BCUT2D eigenvalue weighted by atomic mass is 16.5. The predicted molar refractivity (Wildman–Crippen MR) is 73.3 cm³/mol. The average Bonchev–Trinajstić information content (AvgIpc) is 2.81. The fourth-order valence-corrected chi connectivity index (χ4v) is 1.75. The number of imidazole rings is 1. The second-order valence-corrected chi connectivity index (χ2v) is 4.25. The van der Waals surface area contributed by atoms with Gasteiger partial charge in [-0.25, -0.2) is 5.48 Å². The number of carbonyl (C=O) groups excluding carboxylic acids is 1. The number of hydrogen-bond acceptors (Lipinski definition) is 9. The molecule has 22 heavy (non-hydrogen) atoms. The Bertz CT molecular complexity index is 673. The van der Waals surface area contributed by atoms with Crippen LogP contribution >= 0.6 is 0 Å². The van der Waals surface area contributed by atoms with E-state index in [2.05, 4.69) is 15.0 Å². The summed E-state index contributed by atoms with van der Waals surface area (Å²) in [5.41, 5.74) is 7.68. The van der Waals surface area contributed by atoms with Gasteiger partial charge >= 0.3 is 6.01 Å². The van der Waals surface area contributed by atoms with E-state index < -0.39 is 5.91 Å². The number of nitrogens with one attached hydrogen (secondary N) is 1. The molecule has 11 nitrogen and oxygen atoms in total. The van der Waals surface area contributed by atoms with Crippen LogP contribution in [-0.4, -0.2) is 56.1 Å². The highest BCUT2D eigenvalue weighted by Crippen LogP contribution is 2.24. The van der Waals surface area contributed by atoms with E-state index in [9.17, 15) is 9.90 Å². The first-order valence-corrected chi connectivity index (χ1v) is 6.34. The Morgan fingerprint density at radius 2 is 2.14 bits per heavy atom. The zero-order valence-electron chi connectivity index (χ0n) is 11.8. The smallest absolute Gasteiger partial charge is 0.320 e. The summed E-state index contributed by atoms with van der Waals surface area (Å²) in [7, 11) is 1.53. The number of anilines is 1. The maximum atomic E-state index is 11.1. The molecular weight excluding hydrogens is 296 g/mol. The molecule has 0 saturated carbocycles. The molecule has 0 radical (unpaired) electrons. The van der Waals surface area contributed by atoms with Crippen molar-refractivity contribution in [2.75, 3.05) is 26.1 Å². The number of aryl methyl sites for hydroxylation is 1. The summed E-state index contributed by atoms with van der Waals surface area (Å²) >= 11 is 0. The van der Waals surface area contributed by atoms with Crippen LogP contribution in [0.2, 0.25) is 0 Å². The van der Waals surface area contributed by atoms with Gasteiger partial charge in [0, 0.05) is 20.1 Å². The van der Waals surface area contributed by atoms with Crippen molar-refractivity contribution in [2.24, 2.45) is 0 Å². The first kappa shape index (κ1) is 15.7. The lowest BCUT2D eigenvalue weighted by Gasteiger charge is -2.06. The van der Waals surface area contributed by atoms with Crippen LogP contribution < -0.4 is 16.0 Å². The van der Waals surface area contributed by atoms with Gasteiger partial charge in [0.25, 0.3) is 6.01 Å². The third-order valence-corrected chi connectivity index (χ3v) is 2.79. The number of nitrogens with zero attached hydrogens (tertiary/aromatic N) is 4. The highest BCUT2D eigenvalue weighted by molar-refractivity contribution is 5.83. The second kappa shape index (κ2) is 6.87. The van der Waals surface area contributed by atoms with Crippen LogP contribution in [0.3, 0.4) is 0 Å². The minimum absolute atomic E-state index is 0.00908. The molecule has 0 unspecified atom stereocenters. The number of nitrogen functional groups attached to an aromatic ring is 1. The van der Waals surface area contributed by atoms with Gasteiger partial charge < -0.3 is 20.3 Å². The Labute approximate surface area is 124 Å². The summed E-state index contributed by atoms with van der Waals surface area (Å²) in [6, 6.07) is -0.356. The van der Waals surface area contributed by atoms with E-state index in [1.165, 1.54) is 17.2 Å². The molecular formula is C11H16N6O5. The molecule has 0 spiro atoms. The van der Waals surface area contributed by atoms with Gasteiger partial charge in [-0.3, -0.25) is 14.6 Å². The molecule has 5 N–H and O–H groups in total. The van der Waals surface area contributed by atoms with Crippen molar-refractivity contribution in [1.29, 1.82) is 0 Å². The first-order chi connectivity index (χ1) is 10.6. The van der Waals surface area contributed by atoms with Crippen molar-refractivity contribution >= 4 is 22.9 Å². The van der Waals surface area contributed by atoms with E-state index in [0.29, 0.717) is 6.61 Å². The molecule has 0 aliphatic heterocycles. The van der Waals surface area contributed by atoms with Crippen molar-refractivity contribution in [1.82, 2.24) is 25.0 Å². The molecule has 0 atom stereocenters. The minimum Gasteiger partial charge on any atom is -0.480 e. The Morgan fingerprint density at radius 3 is 2.82 bits per heavy atom. The molecule has 0 bridgehead atoms. The SMILES string of the molecule is COCCOc1nc(N)c2nc(O)n(CCC(=O)NO)c2n1. The van der Waals surface area contributed by atoms with Gasteiger partial charge in [0.2, 0.25) is 5.91 Å². The van der Waals surface area contributed by atoms with E-state index in [1.54, 1.807) is 0 Å². The van der Waals surface area contributed by atoms with Crippen molar-refractivity contribution in [3.05, 3.63) is 0 Å². The lowest BCUT2D eigenvalue weighted by molar-refractivity contribution is -0.129. The van der Waals surface area contributed by atoms with Crippen LogP contribution in [0.15, 0.2) is 0 Å². The normalized spacial score (nSPS) is 10.8. The monoisotopic (exact) mass is 312 g/mol. The highest BCUT2D eigenvalue weighted by Gasteiger charge is 2.17. The molecule has 1 amide bonds. The van der Waals surface area contributed by atoms with Gasteiger partial charge in [-0.05, 0) is 0 Å². The van der Waals surface area contributed by atoms with Gasteiger partial charge in [0.15, 0.2) is 17.0 Å². The molecule has 0 fully saturated rings. The molecule has 2 rings (SSSR count). The van der Waals surface area contributed by atoms with E-state index in [4.69, 9.17) is 20.4 Å². The van der Waals surface area contributed by atoms with Crippen molar-refractivity contribution in [3.8, 4) is 12.0 Å². The number of amides is 1. The van der Waals surface area contributed by atoms with Crippen molar-refractivity contribution in [3.63, 3.8) is 0 Å². The Kier molecular flexibility index (Phi) is 4.91. The van der Waals surface area contributed by atoms with Crippen LogP contribution in [0.1, 0.15) is 6.42 Å². The molecule has 0 saturated heterocycles. The number of hydrogen-bond donors (Lipinski definition) is 4. The Hall–Kier alpha value is -2.66. The maximum Gasteiger partial charge on any atom is 0.320 e. The number of carbonyl (C=O) groups is 1. The number of rotatable bonds is 7. The third-order valence-electron chi connectivity index (χ3n) is 2.79. The summed E-state index contributed by atoms with van der Waals surface area (Å²) in [5, 5.41) is 18.3. The molecule has 2 heterocycles. The van der Waals surface area contributed by atoms with Crippen LogP contribution in [0, 0.1) is 0 Å². The van der Waals surface area contributed by atoms with Crippen LogP contribution in [0.5, 0.6) is 12.0 Å². The molecule has 120 valence electrons. The number of aromatic hydroxyl groups is 1. The molecule has 0 aliphatic carbocycles. The number of fused-ring (bicyclic) bond motifs is 1. The van der Waals surface area contributed by atoms with Gasteiger partial charge in [-0.15, -0.1) is 0 Å². The van der Waals surface area contributed by atoms with E-state index in [-0.39, 0.29) is 48.6 Å². The quantitative estimate of drug-likeness (QED) is 0.287. The number of hydroxylamine groups is 1. The second-order valence-electron chi connectivity index (χ2n) is 4.25. The molecule has 0 aliphatic rings. The Morgan fingerprint density at radius 1 is 1.36 bits per heavy atom. The largest absolute Gasteiger partial charge is 0.480 e. The molecule has 2 aromatic heterocycles. The fourth-order valence-electron chi connectivity index (χ4n) is 1.75. The summed E-state index contributed by atoms with van der Waals surface area (Å²) in [6.45, 7) is 0.625. The summed E-state index contributed by atoms with van der Waals surface area (Å²) in [6.07, 6.45) is -0.0840. The fraction of sp³-hybridized carbons (Fsp3) is 0.455. The standard InChI is InChI=1S/C11H16N6O5/c1-21-4-5-22-10-14-8(12)7-9(15-10)17(11(19)13-7)3-2-6(18)16-20/h20H,2-5H2,1H3,(H,13,19)(H,16,18)(H2,12,14,15). The first-order valence-electron chi connectivity index (χ1n) is 6.34. The zero-order valence-corrected chi connectivity index (χ0v) is 11.8. The van der Waals surface area contributed by atoms with Crippen molar-refractivity contribution in [2.45, 2.75) is 13.0 Å².